The minimum absolute atomic E-state index is 0.0487. The minimum Gasteiger partial charge on any atom is -0.508 e. The summed E-state index contributed by atoms with van der Waals surface area (Å²) in [5.41, 5.74) is 0.746. The number of carbonyl (C=O) groups is 1. The number of halogens is 1. The molecule has 4 nitrogen and oxygen atoms in total. The molecule has 1 amide bonds. The summed E-state index contributed by atoms with van der Waals surface area (Å²) in [6.45, 7) is 3.21. The van der Waals surface area contributed by atoms with E-state index in [2.05, 4.69) is 10.6 Å². The van der Waals surface area contributed by atoms with Gasteiger partial charge in [0.1, 0.15) is 5.75 Å². The lowest BCUT2D eigenvalue weighted by Gasteiger charge is -2.07. The highest BCUT2D eigenvalue weighted by Gasteiger charge is 2.01. The fourth-order valence-electron chi connectivity index (χ4n) is 1.25. The molecule has 0 saturated carbocycles. The van der Waals surface area contributed by atoms with E-state index in [1.54, 1.807) is 18.2 Å². The zero-order valence-corrected chi connectivity index (χ0v) is 9.84. The maximum atomic E-state index is 10.6. The Bertz CT molecular complexity index is 369. The summed E-state index contributed by atoms with van der Waals surface area (Å²) >= 11 is 5.80. The van der Waals surface area contributed by atoms with Gasteiger partial charge < -0.3 is 15.7 Å². The predicted molar refractivity (Wildman–Crippen MR) is 63.5 cm³/mol. The van der Waals surface area contributed by atoms with Gasteiger partial charge in [0.2, 0.25) is 5.91 Å². The largest absolute Gasteiger partial charge is 0.508 e. The van der Waals surface area contributed by atoms with Crippen molar-refractivity contribution in [2.24, 2.45) is 0 Å². The molecule has 0 fully saturated rings. The van der Waals surface area contributed by atoms with Crippen LogP contribution >= 0.6 is 11.6 Å². The molecule has 0 spiro atoms. The topological polar surface area (TPSA) is 61.4 Å². The van der Waals surface area contributed by atoms with Gasteiger partial charge in [-0.3, -0.25) is 4.79 Å². The quantitative estimate of drug-likeness (QED) is 0.682. The van der Waals surface area contributed by atoms with E-state index in [4.69, 9.17) is 11.6 Å². The van der Waals surface area contributed by atoms with Crippen LogP contribution in [0.15, 0.2) is 18.2 Å². The Hall–Kier alpha value is -1.26. The van der Waals surface area contributed by atoms with Gasteiger partial charge in [0.05, 0.1) is 0 Å². The second kappa shape index (κ2) is 6.35. The smallest absolute Gasteiger partial charge is 0.216 e. The summed E-state index contributed by atoms with van der Waals surface area (Å²) in [5, 5.41) is 15.9. The Balaban J connectivity index is 2.31. The summed E-state index contributed by atoms with van der Waals surface area (Å²) in [7, 11) is 0. The first-order valence-corrected chi connectivity index (χ1v) is 5.40. The number of hydrogen-bond acceptors (Lipinski definition) is 3. The molecule has 0 unspecified atom stereocenters. The molecule has 0 aliphatic rings. The third-order valence-corrected chi connectivity index (χ3v) is 2.27. The van der Waals surface area contributed by atoms with Crippen molar-refractivity contribution < 1.29 is 9.90 Å². The van der Waals surface area contributed by atoms with Gasteiger partial charge in [-0.05, 0) is 18.2 Å². The van der Waals surface area contributed by atoms with E-state index >= 15 is 0 Å². The third kappa shape index (κ3) is 4.51. The standard InChI is InChI=1S/C11H15ClN2O2/c1-8(15)14-5-4-13-7-9-6-10(12)2-3-11(9)16/h2-3,6,13,16H,4-5,7H2,1H3,(H,14,15). The predicted octanol–water partition coefficient (Wildman–Crippen LogP) is 1.27. The Morgan fingerprint density at radius 3 is 2.88 bits per heavy atom. The fraction of sp³-hybridized carbons (Fsp3) is 0.364. The molecular weight excluding hydrogens is 228 g/mol. The van der Waals surface area contributed by atoms with E-state index in [1.165, 1.54) is 6.92 Å². The summed E-state index contributed by atoms with van der Waals surface area (Å²) in [4.78, 5) is 10.6. The van der Waals surface area contributed by atoms with Gasteiger partial charge in [-0.15, -0.1) is 0 Å². The van der Waals surface area contributed by atoms with E-state index < -0.39 is 0 Å². The zero-order valence-electron chi connectivity index (χ0n) is 9.09. The van der Waals surface area contributed by atoms with Gasteiger partial charge >= 0.3 is 0 Å². The first-order valence-electron chi connectivity index (χ1n) is 5.02. The van der Waals surface area contributed by atoms with Crippen LogP contribution in [0.3, 0.4) is 0 Å². The lowest BCUT2D eigenvalue weighted by molar-refractivity contribution is -0.118. The number of aromatic hydroxyl groups is 1. The van der Waals surface area contributed by atoms with E-state index in [0.29, 0.717) is 24.7 Å². The van der Waals surface area contributed by atoms with Crippen molar-refractivity contribution in [3.63, 3.8) is 0 Å². The van der Waals surface area contributed by atoms with Gasteiger partial charge in [0.25, 0.3) is 0 Å². The number of phenols is 1. The molecular formula is C11H15ClN2O2. The molecule has 5 heteroatoms. The molecule has 0 radical (unpaired) electrons. The molecule has 1 aromatic carbocycles. The molecule has 1 rings (SSSR count). The maximum Gasteiger partial charge on any atom is 0.216 e. The number of benzene rings is 1. The Morgan fingerprint density at radius 1 is 1.44 bits per heavy atom. The Labute approximate surface area is 99.6 Å². The van der Waals surface area contributed by atoms with E-state index in [0.717, 1.165) is 5.56 Å². The van der Waals surface area contributed by atoms with Crippen LogP contribution in [-0.2, 0) is 11.3 Å². The van der Waals surface area contributed by atoms with Crippen molar-refractivity contribution in [2.75, 3.05) is 13.1 Å². The van der Waals surface area contributed by atoms with Gasteiger partial charge in [-0.2, -0.15) is 0 Å². The maximum absolute atomic E-state index is 10.6. The number of amides is 1. The van der Waals surface area contributed by atoms with Crippen molar-refractivity contribution >= 4 is 17.5 Å². The molecule has 0 aliphatic heterocycles. The van der Waals surface area contributed by atoms with Crippen molar-refractivity contribution in [1.29, 1.82) is 0 Å². The first kappa shape index (κ1) is 12.8. The van der Waals surface area contributed by atoms with Gasteiger partial charge in [0.15, 0.2) is 0 Å². The van der Waals surface area contributed by atoms with E-state index in [9.17, 15) is 9.90 Å². The van der Waals surface area contributed by atoms with Crippen LogP contribution in [-0.4, -0.2) is 24.1 Å². The van der Waals surface area contributed by atoms with Crippen molar-refractivity contribution in [3.05, 3.63) is 28.8 Å². The third-order valence-electron chi connectivity index (χ3n) is 2.03. The van der Waals surface area contributed by atoms with E-state index in [1.807, 2.05) is 0 Å². The van der Waals surface area contributed by atoms with Crippen LogP contribution in [0.2, 0.25) is 5.02 Å². The lowest BCUT2D eigenvalue weighted by Crippen LogP contribution is -2.29. The van der Waals surface area contributed by atoms with Crippen LogP contribution < -0.4 is 10.6 Å². The summed E-state index contributed by atoms with van der Waals surface area (Å²) in [5.74, 6) is 0.170. The lowest BCUT2D eigenvalue weighted by atomic mass is 10.2. The van der Waals surface area contributed by atoms with Gasteiger partial charge in [-0.25, -0.2) is 0 Å². The fourth-order valence-corrected chi connectivity index (χ4v) is 1.44. The van der Waals surface area contributed by atoms with Crippen LogP contribution in [0.25, 0.3) is 0 Å². The molecule has 16 heavy (non-hydrogen) atoms. The van der Waals surface area contributed by atoms with Crippen LogP contribution in [0.4, 0.5) is 0 Å². The molecule has 0 saturated heterocycles. The normalized spacial score (nSPS) is 10.1. The summed E-state index contributed by atoms with van der Waals surface area (Å²) in [6.07, 6.45) is 0. The van der Waals surface area contributed by atoms with Crippen LogP contribution in [0, 0.1) is 0 Å². The number of nitrogens with one attached hydrogen (secondary N) is 2. The van der Waals surface area contributed by atoms with Crippen molar-refractivity contribution in [1.82, 2.24) is 10.6 Å². The highest BCUT2D eigenvalue weighted by molar-refractivity contribution is 6.30. The molecule has 0 bridgehead atoms. The molecule has 1 aromatic rings. The average Bonchev–Trinajstić information content (AvgIpc) is 2.22. The molecule has 0 aliphatic carbocycles. The van der Waals surface area contributed by atoms with E-state index in [-0.39, 0.29) is 11.7 Å². The number of rotatable bonds is 5. The minimum atomic E-state index is -0.0487. The molecule has 3 N–H and O–H groups in total. The summed E-state index contributed by atoms with van der Waals surface area (Å²) in [6, 6.07) is 4.91. The highest BCUT2D eigenvalue weighted by atomic mass is 35.5. The van der Waals surface area contributed by atoms with Crippen molar-refractivity contribution in [2.45, 2.75) is 13.5 Å². The summed E-state index contributed by atoms with van der Waals surface area (Å²) < 4.78 is 0. The second-order valence-electron chi connectivity index (χ2n) is 3.43. The molecule has 0 heterocycles. The van der Waals surface area contributed by atoms with Crippen LogP contribution in [0.5, 0.6) is 5.75 Å². The monoisotopic (exact) mass is 242 g/mol. The first-order chi connectivity index (χ1) is 7.59. The van der Waals surface area contributed by atoms with Gasteiger partial charge in [0, 0.05) is 37.1 Å². The molecule has 88 valence electrons. The number of phenolic OH excluding ortho intramolecular Hbond substituents is 1. The SMILES string of the molecule is CC(=O)NCCNCc1cc(Cl)ccc1O. The Kier molecular flexibility index (Phi) is 5.08. The molecule has 0 atom stereocenters. The number of carbonyl (C=O) groups excluding carboxylic acids is 1. The average molecular weight is 243 g/mol. The zero-order chi connectivity index (χ0) is 12.0. The molecule has 0 aromatic heterocycles. The van der Waals surface area contributed by atoms with Crippen molar-refractivity contribution in [3.8, 4) is 5.75 Å². The highest BCUT2D eigenvalue weighted by Crippen LogP contribution is 2.20. The second-order valence-corrected chi connectivity index (χ2v) is 3.87. The van der Waals surface area contributed by atoms with Gasteiger partial charge in [-0.1, -0.05) is 11.6 Å². The number of hydrogen-bond donors (Lipinski definition) is 3. The van der Waals surface area contributed by atoms with Crippen LogP contribution in [0.1, 0.15) is 12.5 Å². The Morgan fingerprint density at radius 2 is 2.19 bits per heavy atom.